The van der Waals surface area contributed by atoms with Crippen LogP contribution in [0.15, 0.2) is 0 Å². The molecular formula is C21H36N2O. The zero-order valence-electron chi connectivity index (χ0n) is 16.0. The van der Waals surface area contributed by atoms with Crippen LogP contribution in [0.1, 0.15) is 72.1 Å². The summed E-state index contributed by atoms with van der Waals surface area (Å²) in [6.07, 6.45) is 10.1. The summed E-state index contributed by atoms with van der Waals surface area (Å²) in [6.45, 7) is 11.5. The maximum atomic E-state index is 13.1. The molecule has 1 aliphatic heterocycles. The molecule has 0 aromatic rings. The maximum Gasteiger partial charge on any atom is 0.226 e. The molecule has 3 heteroatoms. The van der Waals surface area contributed by atoms with Crippen LogP contribution < -0.4 is 5.32 Å². The van der Waals surface area contributed by atoms with Crippen LogP contribution in [0.3, 0.4) is 0 Å². The van der Waals surface area contributed by atoms with E-state index in [0.29, 0.717) is 16.7 Å². The molecule has 2 unspecified atom stereocenters. The van der Waals surface area contributed by atoms with E-state index in [9.17, 15) is 4.79 Å². The highest BCUT2D eigenvalue weighted by Gasteiger charge is 2.62. The number of carbonyl (C=O) groups excluding carboxylic acids is 1. The third kappa shape index (κ3) is 3.02. The fourth-order valence-corrected chi connectivity index (χ4v) is 7.50. The Morgan fingerprint density at radius 3 is 2.25 bits per heavy atom. The first-order chi connectivity index (χ1) is 11.3. The summed E-state index contributed by atoms with van der Waals surface area (Å²) in [7, 11) is 0. The van der Waals surface area contributed by atoms with Gasteiger partial charge in [0.15, 0.2) is 0 Å². The van der Waals surface area contributed by atoms with Gasteiger partial charge in [0, 0.05) is 13.1 Å². The van der Waals surface area contributed by atoms with Crippen molar-refractivity contribution in [2.75, 3.05) is 26.2 Å². The fourth-order valence-electron chi connectivity index (χ4n) is 7.50. The first-order valence-corrected chi connectivity index (χ1v) is 10.3. The minimum Gasteiger partial charge on any atom is -0.354 e. The topological polar surface area (TPSA) is 32.3 Å². The van der Waals surface area contributed by atoms with Gasteiger partial charge in [0.05, 0.1) is 5.41 Å². The van der Waals surface area contributed by atoms with E-state index >= 15 is 0 Å². The molecule has 5 fully saturated rings. The standard InChI is InChI=1S/C21H36N2O/c1-16-4-7-23(8-5-16)9-6-22-18(24)21-12-17-10-19(2,14-21)13-20(3,11-17)15-21/h16-17H,4-15H2,1-3H3,(H,22,24). The van der Waals surface area contributed by atoms with E-state index in [1.54, 1.807) is 0 Å². The molecule has 5 aliphatic rings. The van der Waals surface area contributed by atoms with Gasteiger partial charge in [0.1, 0.15) is 0 Å². The number of amides is 1. The summed E-state index contributed by atoms with van der Waals surface area (Å²) < 4.78 is 0. The highest BCUT2D eigenvalue weighted by molar-refractivity contribution is 5.83. The van der Waals surface area contributed by atoms with E-state index in [4.69, 9.17) is 0 Å². The molecule has 0 radical (unpaired) electrons. The van der Waals surface area contributed by atoms with Gasteiger partial charge in [-0.25, -0.2) is 0 Å². The van der Waals surface area contributed by atoms with Gasteiger partial charge in [0.2, 0.25) is 5.91 Å². The van der Waals surface area contributed by atoms with Crippen molar-refractivity contribution in [3.05, 3.63) is 0 Å². The van der Waals surface area contributed by atoms with E-state index in [-0.39, 0.29) is 5.41 Å². The summed E-state index contributed by atoms with van der Waals surface area (Å²) >= 11 is 0. The molecule has 1 amide bonds. The number of rotatable bonds is 4. The van der Waals surface area contributed by atoms with E-state index < -0.39 is 0 Å². The van der Waals surface area contributed by atoms with Crippen molar-refractivity contribution in [2.45, 2.75) is 72.1 Å². The summed E-state index contributed by atoms with van der Waals surface area (Å²) in [5.41, 5.74) is 0.808. The Bertz CT molecular complexity index is 490. The van der Waals surface area contributed by atoms with Crippen LogP contribution >= 0.6 is 0 Å². The van der Waals surface area contributed by atoms with Crippen molar-refractivity contribution in [3.63, 3.8) is 0 Å². The molecule has 0 spiro atoms. The van der Waals surface area contributed by atoms with Crippen molar-refractivity contribution < 1.29 is 4.79 Å². The molecule has 4 saturated carbocycles. The Labute approximate surface area is 147 Å². The number of hydrogen-bond donors (Lipinski definition) is 1. The van der Waals surface area contributed by atoms with Gasteiger partial charge in [-0.3, -0.25) is 4.79 Å². The Morgan fingerprint density at radius 2 is 1.67 bits per heavy atom. The van der Waals surface area contributed by atoms with Crippen molar-refractivity contribution in [2.24, 2.45) is 28.1 Å². The molecule has 1 saturated heterocycles. The number of piperidine rings is 1. The molecule has 136 valence electrons. The largest absolute Gasteiger partial charge is 0.354 e. The average Bonchev–Trinajstić information content (AvgIpc) is 2.45. The minimum absolute atomic E-state index is 0.0423. The van der Waals surface area contributed by atoms with Crippen molar-refractivity contribution >= 4 is 5.91 Å². The van der Waals surface area contributed by atoms with Crippen LogP contribution in [0.25, 0.3) is 0 Å². The van der Waals surface area contributed by atoms with E-state index in [1.807, 2.05) is 0 Å². The first-order valence-electron chi connectivity index (χ1n) is 10.3. The van der Waals surface area contributed by atoms with Crippen LogP contribution in [0.2, 0.25) is 0 Å². The lowest BCUT2D eigenvalue weighted by atomic mass is 9.40. The van der Waals surface area contributed by atoms with Gasteiger partial charge in [-0.2, -0.15) is 0 Å². The number of hydrogen-bond acceptors (Lipinski definition) is 2. The van der Waals surface area contributed by atoms with E-state index in [1.165, 1.54) is 45.2 Å². The fraction of sp³-hybridized carbons (Fsp3) is 0.952. The van der Waals surface area contributed by atoms with Gasteiger partial charge in [-0.15, -0.1) is 0 Å². The van der Waals surface area contributed by atoms with Crippen molar-refractivity contribution in [1.29, 1.82) is 0 Å². The maximum absolute atomic E-state index is 13.1. The van der Waals surface area contributed by atoms with Crippen LogP contribution in [0, 0.1) is 28.1 Å². The quantitative estimate of drug-likeness (QED) is 0.848. The Kier molecular flexibility index (Phi) is 4.02. The Morgan fingerprint density at radius 1 is 1.04 bits per heavy atom. The van der Waals surface area contributed by atoms with Crippen LogP contribution in [-0.2, 0) is 4.79 Å². The minimum atomic E-state index is -0.0423. The molecule has 0 aromatic carbocycles. The molecule has 1 N–H and O–H groups in total. The van der Waals surface area contributed by atoms with Crippen molar-refractivity contribution in [1.82, 2.24) is 10.2 Å². The highest BCUT2D eigenvalue weighted by Crippen LogP contribution is 2.69. The van der Waals surface area contributed by atoms with Gasteiger partial charge in [0.25, 0.3) is 0 Å². The van der Waals surface area contributed by atoms with Crippen LogP contribution in [0.5, 0.6) is 0 Å². The van der Waals surface area contributed by atoms with Crippen LogP contribution in [-0.4, -0.2) is 37.0 Å². The molecule has 3 nitrogen and oxygen atoms in total. The molecule has 1 heterocycles. The third-order valence-electron chi connectivity index (χ3n) is 7.70. The summed E-state index contributed by atoms with van der Waals surface area (Å²) in [4.78, 5) is 15.7. The first kappa shape index (κ1) is 16.9. The molecular weight excluding hydrogens is 296 g/mol. The zero-order chi connectivity index (χ0) is 17.0. The molecule has 4 bridgehead atoms. The number of nitrogens with zero attached hydrogens (tertiary/aromatic N) is 1. The lowest BCUT2D eigenvalue weighted by Crippen LogP contribution is -2.60. The predicted octanol–water partition coefficient (Wildman–Crippen LogP) is 3.83. The molecule has 0 aromatic heterocycles. The lowest BCUT2D eigenvalue weighted by Gasteiger charge is -2.64. The molecule has 4 aliphatic carbocycles. The Hall–Kier alpha value is -0.570. The third-order valence-corrected chi connectivity index (χ3v) is 7.70. The number of carbonyl (C=O) groups is 1. The second-order valence-electron chi connectivity index (χ2n) is 10.7. The summed E-state index contributed by atoms with van der Waals surface area (Å²) in [5, 5.41) is 3.35. The highest BCUT2D eigenvalue weighted by atomic mass is 16.2. The number of likely N-dealkylation sites (tertiary alicyclic amines) is 1. The summed E-state index contributed by atoms with van der Waals surface area (Å²) in [6, 6.07) is 0. The van der Waals surface area contributed by atoms with Gasteiger partial charge >= 0.3 is 0 Å². The monoisotopic (exact) mass is 332 g/mol. The second kappa shape index (κ2) is 5.72. The smallest absolute Gasteiger partial charge is 0.226 e. The van der Waals surface area contributed by atoms with E-state index in [2.05, 4.69) is 31.0 Å². The predicted molar refractivity (Wildman–Crippen MR) is 97.7 cm³/mol. The normalized spacial score (nSPS) is 45.5. The zero-order valence-corrected chi connectivity index (χ0v) is 16.0. The molecule has 5 rings (SSSR count). The van der Waals surface area contributed by atoms with Crippen molar-refractivity contribution in [3.8, 4) is 0 Å². The number of nitrogens with one attached hydrogen (secondary N) is 1. The molecule has 24 heavy (non-hydrogen) atoms. The van der Waals surface area contributed by atoms with Gasteiger partial charge < -0.3 is 10.2 Å². The van der Waals surface area contributed by atoms with Gasteiger partial charge in [-0.1, -0.05) is 20.8 Å². The molecule has 2 atom stereocenters. The van der Waals surface area contributed by atoms with E-state index in [0.717, 1.165) is 44.2 Å². The average molecular weight is 333 g/mol. The SMILES string of the molecule is CC1CCN(CCNC(=O)C23CC4CC(C)(CC(C)(C4)C2)C3)CC1. The Balaban J connectivity index is 1.34. The summed E-state index contributed by atoms with van der Waals surface area (Å²) in [5.74, 6) is 2.06. The van der Waals surface area contributed by atoms with Crippen LogP contribution in [0.4, 0.5) is 0 Å². The second-order valence-corrected chi connectivity index (χ2v) is 10.7. The lowest BCUT2D eigenvalue weighted by molar-refractivity contribution is -0.170. The van der Waals surface area contributed by atoms with Gasteiger partial charge in [-0.05, 0) is 87.1 Å².